The quantitative estimate of drug-likeness (QED) is 0.750. The van der Waals surface area contributed by atoms with Crippen molar-refractivity contribution in [2.24, 2.45) is 10.8 Å². The van der Waals surface area contributed by atoms with E-state index in [0.29, 0.717) is 13.0 Å². The molecule has 72 valence electrons. The van der Waals surface area contributed by atoms with Crippen molar-refractivity contribution < 1.29 is 4.79 Å². The van der Waals surface area contributed by atoms with Crippen LogP contribution in [0.25, 0.3) is 0 Å². The normalized spacial score (nSPS) is 15.2. The molecule has 0 saturated carbocycles. The Kier molecular flexibility index (Phi) is 2.28. The molecule has 14 heavy (non-hydrogen) atoms. The second-order valence-electron chi connectivity index (χ2n) is 3.08. The van der Waals surface area contributed by atoms with Crippen LogP contribution in [0.2, 0.25) is 0 Å². The molecule has 0 aliphatic carbocycles. The maximum absolute atomic E-state index is 11.3. The van der Waals surface area contributed by atoms with Gasteiger partial charge in [-0.3, -0.25) is 4.79 Å². The van der Waals surface area contributed by atoms with Gasteiger partial charge in [-0.05, 0) is 17.7 Å². The lowest BCUT2D eigenvalue weighted by Crippen LogP contribution is -2.19. The highest BCUT2D eigenvalue weighted by Gasteiger charge is 2.17. The number of hydrazone groups is 1. The van der Waals surface area contributed by atoms with Crippen molar-refractivity contribution in [2.45, 2.75) is 13.0 Å². The zero-order chi connectivity index (χ0) is 9.97. The topological polar surface area (TPSA) is 58.7 Å². The number of rotatable bonds is 2. The standard InChI is InChI=1S/C10H11N3O/c11-7-8-1-3-9(4-2-8)13-10(14)5-6-12-13/h1-4,6H,5,7,11H2. The van der Waals surface area contributed by atoms with Gasteiger partial charge in [0, 0.05) is 12.8 Å². The third-order valence-electron chi connectivity index (χ3n) is 2.12. The first-order valence-corrected chi connectivity index (χ1v) is 4.45. The predicted octanol–water partition coefficient (Wildman–Crippen LogP) is 0.868. The van der Waals surface area contributed by atoms with Gasteiger partial charge in [0.2, 0.25) is 0 Å². The van der Waals surface area contributed by atoms with E-state index in [0.717, 1.165) is 11.3 Å². The van der Waals surface area contributed by atoms with Crippen molar-refractivity contribution in [3.8, 4) is 0 Å². The molecular formula is C10H11N3O. The lowest BCUT2D eigenvalue weighted by Gasteiger charge is -2.11. The second kappa shape index (κ2) is 3.59. The lowest BCUT2D eigenvalue weighted by atomic mass is 10.2. The van der Waals surface area contributed by atoms with Gasteiger partial charge < -0.3 is 5.73 Å². The van der Waals surface area contributed by atoms with Crippen LogP contribution in [0.3, 0.4) is 0 Å². The van der Waals surface area contributed by atoms with E-state index < -0.39 is 0 Å². The second-order valence-corrected chi connectivity index (χ2v) is 3.08. The van der Waals surface area contributed by atoms with Crippen LogP contribution in [-0.4, -0.2) is 12.1 Å². The largest absolute Gasteiger partial charge is 0.326 e. The Morgan fingerprint density at radius 2 is 2.07 bits per heavy atom. The molecule has 1 aliphatic heterocycles. The molecular weight excluding hydrogens is 178 g/mol. The molecule has 1 aromatic carbocycles. The van der Waals surface area contributed by atoms with Gasteiger partial charge in [-0.1, -0.05) is 12.1 Å². The van der Waals surface area contributed by atoms with Crippen LogP contribution in [0.1, 0.15) is 12.0 Å². The highest BCUT2D eigenvalue weighted by atomic mass is 16.2. The third-order valence-corrected chi connectivity index (χ3v) is 2.12. The molecule has 0 unspecified atom stereocenters. The Hall–Kier alpha value is -1.68. The van der Waals surface area contributed by atoms with E-state index in [4.69, 9.17) is 5.73 Å². The third kappa shape index (κ3) is 1.52. The number of amides is 1. The number of carbonyl (C=O) groups is 1. The number of nitrogens with two attached hydrogens (primary N) is 1. The number of hydrogen-bond acceptors (Lipinski definition) is 3. The van der Waals surface area contributed by atoms with Gasteiger partial charge in [-0.25, -0.2) is 5.01 Å². The number of hydrogen-bond donors (Lipinski definition) is 1. The maximum Gasteiger partial charge on any atom is 0.252 e. The Bertz CT molecular complexity index is 369. The van der Waals surface area contributed by atoms with Gasteiger partial charge in [0.05, 0.1) is 12.1 Å². The molecule has 4 nitrogen and oxygen atoms in total. The van der Waals surface area contributed by atoms with Crippen LogP contribution in [0.5, 0.6) is 0 Å². The van der Waals surface area contributed by atoms with E-state index in [1.54, 1.807) is 6.21 Å². The summed E-state index contributed by atoms with van der Waals surface area (Å²) < 4.78 is 0. The molecule has 0 fully saturated rings. The minimum absolute atomic E-state index is 0.00509. The molecule has 4 heteroatoms. The highest BCUT2D eigenvalue weighted by Crippen LogP contribution is 2.18. The van der Waals surface area contributed by atoms with Crippen molar-refractivity contribution in [3.05, 3.63) is 29.8 Å². The van der Waals surface area contributed by atoms with Crippen molar-refractivity contribution in [2.75, 3.05) is 5.01 Å². The summed E-state index contributed by atoms with van der Waals surface area (Å²) >= 11 is 0. The zero-order valence-electron chi connectivity index (χ0n) is 7.68. The fourth-order valence-corrected chi connectivity index (χ4v) is 1.34. The van der Waals surface area contributed by atoms with E-state index in [9.17, 15) is 4.79 Å². The van der Waals surface area contributed by atoms with Gasteiger partial charge in [0.15, 0.2) is 0 Å². The number of anilines is 1. The maximum atomic E-state index is 11.3. The summed E-state index contributed by atoms with van der Waals surface area (Å²) in [6.07, 6.45) is 2.00. The number of nitrogens with zero attached hydrogens (tertiary/aromatic N) is 2. The lowest BCUT2D eigenvalue weighted by molar-refractivity contribution is -0.116. The van der Waals surface area contributed by atoms with Gasteiger partial charge in [0.25, 0.3) is 5.91 Å². The molecule has 0 atom stereocenters. The fraction of sp³-hybridized carbons (Fsp3) is 0.200. The monoisotopic (exact) mass is 189 g/mol. The minimum atomic E-state index is 0.00509. The molecule has 1 aromatic rings. The first-order chi connectivity index (χ1) is 6.81. The predicted molar refractivity (Wildman–Crippen MR) is 54.9 cm³/mol. The van der Waals surface area contributed by atoms with E-state index in [2.05, 4.69) is 5.10 Å². The Morgan fingerprint density at radius 3 is 2.57 bits per heavy atom. The average Bonchev–Trinajstić information content (AvgIpc) is 2.65. The molecule has 1 amide bonds. The van der Waals surface area contributed by atoms with Crippen LogP contribution in [0, 0.1) is 0 Å². The molecule has 0 radical (unpaired) electrons. The van der Waals surface area contributed by atoms with Crippen molar-refractivity contribution >= 4 is 17.8 Å². The van der Waals surface area contributed by atoms with Crippen molar-refractivity contribution in [1.82, 2.24) is 0 Å². The van der Waals surface area contributed by atoms with E-state index in [1.807, 2.05) is 24.3 Å². The van der Waals surface area contributed by atoms with Gasteiger partial charge >= 0.3 is 0 Å². The summed E-state index contributed by atoms with van der Waals surface area (Å²) in [5, 5.41) is 5.37. The van der Waals surface area contributed by atoms with Crippen molar-refractivity contribution in [3.63, 3.8) is 0 Å². The molecule has 0 saturated heterocycles. The van der Waals surface area contributed by atoms with Crippen LogP contribution < -0.4 is 10.7 Å². The number of carbonyl (C=O) groups excluding carboxylic acids is 1. The molecule has 1 heterocycles. The van der Waals surface area contributed by atoms with E-state index >= 15 is 0 Å². The number of benzene rings is 1. The summed E-state index contributed by atoms with van der Waals surface area (Å²) in [5.41, 5.74) is 7.31. The summed E-state index contributed by atoms with van der Waals surface area (Å²) in [5.74, 6) is 0.00509. The summed E-state index contributed by atoms with van der Waals surface area (Å²) in [6.45, 7) is 0.511. The van der Waals surface area contributed by atoms with Crippen LogP contribution in [0.4, 0.5) is 5.69 Å². The first-order valence-electron chi connectivity index (χ1n) is 4.45. The SMILES string of the molecule is NCc1ccc(N2N=CCC2=O)cc1. The summed E-state index contributed by atoms with van der Waals surface area (Å²) in [4.78, 5) is 11.3. The van der Waals surface area contributed by atoms with Crippen LogP contribution >= 0.6 is 0 Å². The smallest absolute Gasteiger partial charge is 0.252 e. The van der Waals surface area contributed by atoms with Gasteiger partial charge in [-0.15, -0.1) is 0 Å². The zero-order valence-corrected chi connectivity index (χ0v) is 7.68. The Labute approximate surface area is 82.0 Å². The molecule has 0 bridgehead atoms. The van der Waals surface area contributed by atoms with Crippen LogP contribution in [-0.2, 0) is 11.3 Å². The molecule has 2 N–H and O–H groups in total. The van der Waals surface area contributed by atoms with E-state index in [1.165, 1.54) is 5.01 Å². The Morgan fingerprint density at radius 1 is 1.36 bits per heavy atom. The Balaban J connectivity index is 2.24. The highest BCUT2D eigenvalue weighted by molar-refractivity contribution is 6.05. The first kappa shape index (κ1) is 8.90. The van der Waals surface area contributed by atoms with Crippen LogP contribution in [0.15, 0.2) is 29.4 Å². The van der Waals surface area contributed by atoms with Crippen molar-refractivity contribution in [1.29, 1.82) is 0 Å². The molecule has 0 aromatic heterocycles. The summed E-state index contributed by atoms with van der Waals surface area (Å²) in [6, 6.07) is 7.50. The fourth-order valence-electron chi connectivity index (χ4n) is 1.34. The summed E-state index contributed by atoms with van der Waals surface area (Å²) in [7, 11) is 0. The molecule has 1 aliphatic rings. The van der Waals surface area contributed by atoms with E-state index in [-0.39, 0.29) is 5.91 Å². The average molecular weight is 189 g/mol. The minimum Gasteiger partial charge on any atom is -0.326 e. The molecule has 0 spiro atoms. The van der Waals surface area contributed by atoms with Gasteiger partial charge in [-0.2, -0.15) is 5.10 Å². The molecule has 2 rings (SSSR count). The van der Waals surface area contributed by atoms with Gasteiger partial charge in [0.1, 0.15) is 0 Å².